The van der Waals surface area contributed by atoms with Crippen molar-refractivity contribution in [1.29, 1.82) is 0 Å². The molecule has 2 nitrogen and oxygen atoms in total. The van der Waals surface area contributed by atoms with Gasteiger partial charge in [-0.2, -0.15) is 4.36 Å². The van der Waals surface area contributed by atoms with Gasteiger partial charge < -0.3 is 5.73 Å². The Labute approximate surface area is 71.6 Å². The number of nitrogens with zero attached hydrogens (tertiary/aromatic N) is 1. The number of anilines is 1. The summed E-state index contributed by atoms with van der Waals surface area (Å²) in [5.41, 5.74) is 9.27. The Morgan fingerprint density at radius 1 is 1.36 bits per heavy atom. The predicted molar refractivity (Wildman–Crippen MR) is 49.8 cm³/mol. The van der Waals surface area contributed by atoms with Crippen LogP contribution in [0.15, 0.2) is 16.5 Å². The van der Waals surface area contributed by atoms with Gasteiger partial charge in [0, 0.05) is 12.4 Å². The Hall–Kier alpha value is -0.960. The number of rotatable bonds is 1. The number of hydrogen-bond acceptors (Lipinski definition) is 3. The molecule has 0 aromatic heterocycles. The molecule has 58 valence electrons. The summed E-state index contributed by atoms with van der Waals surface area (Å²) in [4.78, 5) is 0. The van der Waals surface area contributed by atoms with E-state index >= 15 is 0 Å². The average Bonchev–Trinajstić information content (AvgIpc) is 1.96. The Bertz CT molecular complexity index is 294. The van der Waals surface area contributed by atoms with E-state index in [1.54, 1.807) is 0 Å². The third kappa shape index (κ3) is 1.54. The lowest BCUT2D eigenvalue weighted by atomic mass is 10.1. The number of nitrogen functional groups attached to an aromatic ring is 1. The van der Waals surface area contributed by atoms with E-state index in [1.807, 2.05) is 26.0 Å². The fraction of sp³-hybridized carbons (Fsp3) is 0.250. The quantitative estimate of drug-likeness (QED) is 0.650. The van der Waals surface area contributed by atoms with Crippen LogP contribution in [0.1, 0.15) is 11.1 Å². The van der Waals surface area contributed by atoms with Crippen LogP contribution in [-0.4, -0.2) is 0 Å². The van der Waals surface area contributed by atoms with E-state index in [9.17, 15) is 0 Å². The maximum Gasteiger partial charge on any atom is 0.100 e. The van der Waals surface area contributed by atoms with Gasteiger partial charge in [-0.15, -0.1) is 0 Å². The Morgan fingerprint density at radius 2 is 2.00 bits per heavy atom. The summed E-state index contributed by atoms with van der Waals surface area (Å²) >= 11 is 4.57. The number of benzene rings is 1. The first kappa shape index (κ1) is 8.14. The standard InChI is InChI=1S/C8H10N2S/c1-5-3-6(2)8(9)7(4-5)10-11/h3-4H,9H2,1-2H3. The minimum absolute atomic E-state index is 0.686. The zero-order valence-electron chi connectivity index (χ0n) is 6.59. The van der Waals surface area contributed by atoms with Crippen LogP contribution in [0.5, 0.6) is 0 Å². The van der Waals surface area contributed by atoms with Crippen LogP contribution in [0.4, 0.5) is 11.4 Å². The molecule has 0 unspecified atom stereocenters. The molecular weight excluding hydrogens is 156 g/mol. The molecule has 0 atom stereocenters. The average molecular weight is 166 g/mol. The van der Waals surface area contributed by atoms with Gasteiger partial charge in [0.25, 0.3) is 0 Å². The van der Waals surface area contributed by atoms with E-state index in [-0.39, 0.29) is 0 Å². The molecule has 0 saturated heterocycles. The third-order valence-electron chi connectivity index (χ3n) is 1.61. The van der Waals surface area contributed by atoms with E-state index in [1.165, 1.54) is 0 Å². The Balaban J connectivity index is 3.35. The molecule has 0 aliphatic rings. The molecule has 0 fully saturated rings. The maximum absolute atomic E-state index is 5.70. The Morgan fingerprint density at radius 3 is 2.55 bits per heavy atom. The van der Waals surface area contributed by atoms with Gasteiger partial charge in [0.05, 0.1) is 5.69 Å². The van der Waals surface area contributed by atoms with Gasteiger partial charge in [-0.1, -0.05) is 6.07 Å². The molecule has 0 radical (unpaired) electrons. The van der Waals surface area contributed by atoms with Gasteiger partial charge in [-0.05, 0) is 31.0 Å². The lowest BCUT2D eigenvalue weighted by Gasteiger charge is -2.03. The molecule has 0 saturated carbocycles. The molecule has 2 N–H and O–H groups in total. The SMILES string of the molecule is Cc1cc(C)c(N)c(N=S)c1. The summed E-state index contributed by atoms with van der Waals surface area (Å²) in [6, 6.07) is 3.90. The monoisotopic (exact) mass is 166 g/mol. The zero-order chi connectivity index (χ0) is 8.43. The van der Waals surface area contributed by atoms with Crippen LogP contribution < -0.4 is 5.73 Å². The largest absolute Gasteiger partial charge is 0.397 e. The van der Waals surface area contributed by atoms with Crippen molar-refractivity contribution < 1.29 is 0 Å². The van der Waals surface area contributed by atoms with E-state index < -0.39 is 0 Å². The van der Waals surface area contributed by atoms with Crippen molar-refractivity contribution in [2.45, 2.75) is 13.8 Å². The molecule has 3 heteroatoms. The molecule has 0 heterocycles. The molecular formula is C8H10N2S. The minimum atomic E-state index is 0.686. The molecule has 0 aliphatic heterocycles. The van der Waals surface area contributed by atoms with Crippen LogP contribution >= 0.6 is 0 Å². The van der Waals surface area contributed by atoms with Crippen LogP contribution in [0.3, 0.4) is 0 Å². The second-order valence-corrected chi connectivity index (χ2v) is 2.79. The minimum Gasteiger partial charge on any atom is -0.397 e. The molecule has 1 aromatic carbocycles. The summed E-state index contributed by atoms with van der Waals surface area (Å²) in [5, 5.41) is 0. The lowest BCUT2D eigenvalue weighted by Crippen LogP contribution is -1.90. The second-order valence-electron chi connectivity index (χ2n) is 2.61. The Kier molecular flexibility index (Phi) is 2.19. The fourth-order valence-corrected chi connectivity index (χ4v) is 1.18. The lowest BCUT2D eigenvalue weighted by molar-refractivity contribution is 1.37. The highest BCUT2D eigenvalue weighted by atomic mass is 32.1. The highest BCUT2D eigenvalue weighted by Gasteiger charge is 2.00. The first-order valence-electron chi connectivity index (χ1n) is 3.35. The van der Waals surface area contributed by atoms with E-state index in [0.29, 0.717) is 11.4 Å². The van der Waals surface area contributed by atoms with E-state index in [2.05, 4.69) is 16.8 Å². The summed E-state index contributed by atoms with van der Waals surface area (Å²) in [7, 11) is 0. The van der Waals surface area contributed by atoms with Crippen molar-refractivity contribution in [3.8, 4) is 0 Å². The smallest absolute Gasteiger partial charge is 0.100 e. The molecule has 0 spiro atoms. The number of hydrogen-bond donors (Lipinski definition) is 1. The predicted octanol–water partition coefficient (Wildman–Crippen LogP) is 2.25. The number of aryl methyl sites for hydroxylation is 2. The van der Waals surface area contributed by atoms with Crippen molar-refractivity contribution in [1.82, 2.24) is 0 Å². The highest BCUT2D eigenvalue weighted by molar-refractivity contribution is 7.47. The van der Waals surface area contributed by atoms with Gasteiger partial charge in [0.15, 0.2) is 0 Å². The van der Waals surface area contributed by atoms with Crippen LogP contribution in [-0.2, 0) is 12.4 Å². The van der Waals surface area contributed by atoms with E-state index in [0.717, 1.165) is 11.1 Å². The van der Waals surface area contributed by atoms with Gasteiger partial charge >= 0.3 is 0 Å². The first-order valence-corrected chi connectivity index (χ1v) is 3.71. The fourth-order valence-electron chi connectivity index (χ4n) is 1.03. The third-order valence-corrected chi connectivity index (χ3v) is 1.80. The summed E-state index contributed by atoms with van der Waals surface area (Å²) in [6.45, 7) is 3.95. The van der Waals surface area contributed by atoms with Gasteiger partial charge in [-0.25, -0.2) is 0 Å². The van der Waals surface area contributed by atoms with Crippen molar-refractivity contribution in [2.24, 2.45) is 4.36 Å². The van der Waals surface area contributed by atoms with Crippen LogP contribution in [0, 0.1) is 13.8 Å². The van der Waals surface area contributed by atoms with E-state index in [4.69, 9.17) is 5.73 Å². The summed E-state index contributed by atoms with van der Waals surface area (Å²) in [5.74, 6) is 0. The summed E-state index contributed by atoms with van der Waals surface area (Å²) in [6.07, 6.45) is 0. The number of nitrogens with two attached hydrogens (primary N) is 1. The van der Waals surface area contributed by atoms with Crippen molar-refractivity contribution in [2.75, 3.05) is 5.73 Å². The maximum atomic E-state index is 5.70. The van der Waals surface area contributed by atoms with Crippen molar-refractivity contribution in [3.05, 3.63) is 23.3 Å². The summed E-state index contributed by atoms with van der Waals surface area (Å²) < 4.78 is 3.65. The normalized spacial score (nSPS) is 9.64. The molecule has 1 aromatic rings. The van der Waals surface area contributed by atoms with Gasteiger partial charge in [-0.3, -0.25) is 0 Å². The second kappa shape index (κ2) is 2.96. The van der Waals surface area contributed by atoms with Crippen molar-refractivity contribution in [3.63, 3.8) is 0 Å². The molecule has 0 amide bonds. The first-order chi connectivity index (χ1) is 5.15. The molecule has 0 bridgehead atoms. The topological polar surface area (TPSA) is 38.4 Å². The van der Waals surface area contributed by atoms with Crippen LogP contribution in [0.2, 0.25) is 0 Å². The molecule has 0 aliphatic carbocycles. The van der Waals surface area contributed by atoms with Gasteiger partial charge in [0.2, 0.25) is 0 Å². The highest BCUT2D eigenvalue weighted by Crippen LogP contribution is 2.26. The molecule has 1 rings (SSSR count). The van der Waals surface area contributed by atoms with Crippen molar-refractivity contribution >= 4 is 23.8 Å². The van der Waals surface area contributed by atoms with Gasteiger partial charge in [0.1, 0.15) is 5.69 Å². The molecule has 11 heavy (non-hydrogen) atoms. The van der Waals surface area contributed by atoms with Crippen LogP contribution in [0.25, 0.3) is 0 Å². The zero-order valence-corrected chi connectivity index (χ0v) is 7.40.